The highest BCUT2D eigenvalue weighted by molar-refractivity contribution is 5.53. The molecule has 0 saturated heterocycles. The standard InChI is InChI=1S/C8H9N5/c1-6-3-7(5-9-4-6)8-10-11-12-13(8)2/h3-5H,1-2H3. The van der Waals surface area contributed by atoms with E-state index in [2.05, 4.69) is 20.5 Å². The Bertz CT molecular complexity index is 420. The normalized spacial score (nSPS) is 10.3. The molecule has 0 atom stereocenters. The van der Waals surface area contributed by atoms with Crippen molar-refractivity contribution in [2.45, 2.75) is 6.92 Å². The van der Waals surface area contributed by atoms with Crippen molar-refractivity contribution in [2.75, 3.05) is 0 Å². The van der Waals surface area contributed by atoms with E-state index in [0.717, 1.165) is 17.0 Å². The van der Waals surface area contributed by atoms with Gasteiger partial charge >= 0.3 is 0 Å². The highest BCUT2D eigenvalue weighted by Gasteiger charge is 2.04. The largest absolute Gasteiger partial charge is 0.264 e. The molecule has 0 N–H and O–H groups in total. The molecule has 0 aliphatic carbocycles. The average molecular weight is 175 g/mol. The average Bonchev–Trinajstić information content (AvgIpc) is 2.51. The molecule has 2 heterocycles. The fraction of sp³-hybridized carbons (Fsp3) is 0.250. The lowest BCUT2D eigenvalue weighted by molar-refractivity contribution is 0.714. The van der Waals surface area contributed by atoms with Crippen molar-refractivity contribution >= 4 is 0 Å². The van der Waals surface area contributed by atoms with E-state index in [1.54, 1.807) is 24.1 Å². The van der Waals surface area contributed by atoms with E-state index in [1.165, 1.54) is 0 Å². The summed E-state index contributed by atoms with van der Waals surface area (Å²) in [5.41, 5.74) is 2.04. The quantitative estimate of drug-likeness (QED) is 0.636. The van der Waals surface area contributed by atoms with Gasteiger partial charge in [0.2, 0.25) is 0 Å². The van der Waals surface area contributed by atoms with E-state index in [9.17, 15) is 0 Å². The number of hydrogen-bond acceptors (Lipinski definition) is 4. The first-order chi connectivity index (χ1) is 6.27. The Morgan fingerprint density at radius 1 is 1.31 bits per heavy atom. The van der Waals surface area contributed by atoms with Gasteiger partial charge in [-0.15, -0.1) is 5.10 Å². The van der Waals surface area contributed by atoms with Gasteiger partial charge in [0.05, 0.1) is 0 Å². The first kappa shape index (κ1) is 7.85. The molecular weight excluding hydrogens is 166 g/mol. The summed E-state index contributed by atoms with van der Waals surface area (Å²) < 4.78 is 1.62. The number of aromatic nitrogens is 5. The molecule has 0 aliphatic heterocycles. The Hall–Kier alpha value is -1.78. The van der Waals surface area contributed by atoms with Crippen LogP contribution < -0.4 is 0 Å². The smallest absolute Gasteiger partial charge is 0.183 e. The SMILES string of the molecule is Cc1cncc(-c2nnnn2C)c1. The summed E-state index contributed by atoms with van der Waals surface area (Å²) in [5.74, 6) is 0.733. The maximum atomic E-state index is 4.07. The zero-order valence-electron chi connectivity index (χ0n) is 7.47. The van der Waals surface area contributed by atoms with Gasteiger partial charge in [-0.2, -0.15) is 0 Å². The van der Waals surface area contributed by atoms with Gasteiger partial charge in [-0.25, -0.2) is 4.68 Å². The lowest BCUT2D eigenvalue weighted by atomic mass is 10.2. The van der Waals surface area contributed by atoms with Gasteiger partial charge in [-0.1, -0.05) is 0 Å². The molecule has 0 bridgehead atoms. The van der Waals surface area contributed by atoms with Gasteiger partial charge in [0.15, 0.2) is 5.82 Å². The number of aryl methyl sites for hydroxylation is 2. The second-order valence-electron chi connectivity index (χ2n) is 2.88. The second-order valence-corrected chi connectivity index (χ2v) is 2.88. The van der Waals surface area contributed by atoms with Crippen molar-refractivity contribution in [1.29, 1.82) is 0 Å². The van der Waals surface area contributed by atoms with Crippen LogP contribution in [0.25, 0.3) is 11.4 Å². The highest BCUT2D eigenvalue weighted by Crippen LogP contribution is 2.13. The van der Waals surface area contributed by atoms with E-state index in [-0.39, 0.29) is 0 Å². The summed E-state index contributed by atoms with van der Waals surface area (Å²) in [5, 5.41) is 11.2. The summed E-state index contributed by atoms with van der Waals surface area (Å²) in [6.07, 6.45) is 3.55. The van der Waals surface area contributed by atoms with Crippen molar-refractivity contribution in [2.24, 2.45) is 7.05 Å². The summed E-state index contributed by atoms with van der Waals surface area (Å²) in [7, 11) is 1.80. The predicted molar refractivity (Wildman–Crippen MR) is 46.8 cm³/mol. The van der Waals surface area contributed by atoms with Gasteiger partial charge in [-0.3, -0.25) is 4.98 Å². The number of tetrazole rings is 1. The lowest BCUT2D eigenvalue weighted by Gasteiger charge is -1.98. The number of hydrogen-bond donors (Lipinski definition) is 0. The summed E-state index contributed by atoms with van der Waals surface area (Å²) in [4.78, 5) is 4.07. The minimum absolute atomic E-state index is 0.733. The van der Waals surface area contributed by atoms with E-state index in [4.69, 9.17) is 0 Å². The predicted octanol–water partition coefficient (Wildman–Crippen LogP) is 0.581. The fourth-order valence-corrected chi connectivity index (χ4v) is 1.15. The molecule has 5 nitrogen and oxygen atoms in total. The first-order valence-electron chi connectivity index (χ1n) is 3.92. The molecule has 2 aromatic rings. The van der Waals surface area contributed by atoms with E-state index in [1.807, 2.05) is 13.0 Å². The Labute approximate surface area is 75.4 Å². The minimum atomic E-state index is 0.733. The molecule has 2 rings (SSSR count). The minimum Gasteiger partial charge on any atom is -0.264 e. The van der Waals surface area contributed by atoms with Crippen LogP contribution in [0.5, 0.6) is 0 Å². The van der Waals surface area contributed by atoms with Crippen LogP contribution in [0, 0.1) is 6.92 Å². The third-order valence-electron chi connectivity index (χ3n) is 1.75. The van der Waals surface area contributed by atoms with Crippen LogP contribution >= 0.6 is 0 Å². The van der Waals surface area contributed by atoms with Crippen molar-refractivity contribution in [3.63, 3.8) is 0 Å². The van der Waals surface area contributed by atoms with Crippen LogP contribution in [0.1, 0.15) is 5.56 Å². The molecule has 66 valence electrons. The third-order valence-corrected chi connectivity index (χ3v) is 1.75. The second kappa shape index (κ2) is 2.93. The molecular formula is C8H9N5. The van der Waals surface area contributed by atoms with Crippen LogP contribution in [0.2, 0.25) is 0 Å². The first-order valence-corrected chi connectivity index (χ1v) is 3.92. The van der Waals surface area contributed by atoms with Crippen molar-refractivity contribution < 1.29 is 0 Å². The zero-order valence-corrected chi connectivity index (χ0v) is 7.47. The molecule has 2 aromatic heterocycles. The third kappa shape index (κ3) is 1.40. The van der Waals surface area contributed by atoms with E-state index >= 15 is 0 Å². The van der Waals surface area contributed by atoms with Gasteiger partial charge in [0.1, 0.15) is 0 Å². The van der Waals surface area contributed by atoms with Crippen LogP contribution in [0.15, 0.2) is 18.5 Å². The Balaban J connectivity index is 2.53. The summed E-state index contributed by atoms with van der Waals surface area (Å²) in [6.45, 7) is 1.99. The lowest BCUT2D eigenvalue weighted by Crippen LogP contribution is -1.95. The number of pyridine rings is 1. The number of nitrogens with zero attached hydrogens (tertiary/aromatic N) is 5. The van der Waals surface area contributed by atoms with Crippen molar-refractivity contribution in [3.8, 4) is 11.4 Å². The molecule has 0 unspecified atom stereocenters. The number of rotatable bonds is 1. The highest BCUT2D eigenvalue weighted by atomic mass is 15.5. The van der Waals surface area contributed by atoms with Gasteiger partial charge in [0.25, 0.3) is 0 Å². The molecule has 0 saturated carbocycles. The molecule has 13 heavy (non-hydrogen) atoms. The maximum absolute atomic E-state index is 4.07. The zero-order chi connectivity index (χ0) is 9.26. The maximum Gasteiger partial charge on any atom is 0.183 e. The summed E-state index contributed by atoms with van der Waals surface area (Å²) >= 11 is 0. The Kier molecular flexibility index (Phi) is 1.77. The Morgan fingerprint density at radius 3 is 2.77 bits per heavy atom. The summed E-state index contributed by atoms with van der Waals surface area (Å²) in [6, 6.07) is 2.00. The van der Waals surface area contributed by atoms with Crippen LogP contribution in [-0.4, -0.2) is 25.2 Å². The fourth-order valence-electron chi connectivity index (χ4n) is 1.15. The van der Waals surface area contributed by atoms with Crippen LogP contribution in [0.3, 0.4) is 0 Å². The Morgan fingerprint density at radius 2 is 2.15 bits per heavy atom. The van der Waals surface area contributed by atoms with Gasteiger partial charge in [-0.05, 0) is 29.0 Å². The monoisotopic (exact) mass is 175 g/mol. The molecule has 0 fully saturated rings. The van der Waals surface area contributed by atoms with Gasteiger partial charge < -0.3 is 0 Å². The molecule has 0 spiro atoms. The van der Waals surface area contributed by atoms with Crippen molar-refractivity contribution in [1.82, 2.24) is 25.2 Å². The van der Waals surface area contributed by atoms with Crippen LogP contribution in [-0.2, 0) is 7.05 Å². The molecule has 0 radical (unpaired) electrons. The topological polar surface area (TPSA) is 56.5 Å². The van der Waals surface area contributed by atoms with Gasteiger partial charge in [0, 0.05) is 25.0 Å². The van der Waals surface area contributed by atoms with Crippen LogP contribution in [0.4, 0.5) is 0 Å². The molecule has 0 aromatic carbocycles. The molecule has 5 heteroatoms. The van der Waals surface area contributed by atoms with E-state index in [0.29, 0.717) is 0 Å². The van der Waals surface area contributed by atoms with E-state index < -0.39 is 0 Å². The molecule has 0 amide bonds. The van der Waals surface area contributed by atoms with Crippen molar-refractivity contribution in [3.05, 3.63) is 24.0 Å². The molecule has 0 aliphatic rings.